The molecule has 0 radical (unpaired) electrons. The maximum absolute atomic E-state index is 12.3. The van der Waals surface area contributed by atoms with Gasteiger partial charge in [-0.1, -0.05) is 0 Å². The van der Waals surface area contributed by atoms with Crippen LogP contribution in [0.25, 0.3) is 0 Å². The number of hydrogen-bond donors (Lipinski definition) is 2. The molecule has 0 saturated carbocycles. The van der Waals surface area contributed by atoms with Gasteiger partial charge >= 0.3 is 6.09 Å². The van der Waals surface area contributed by atoms with Crippen molar-refractivity contribution in [3.8, 4) is 0 Å². The van der Waals surface area contributed by atoms with Gasteiger partial charge in [0.25, 0.3) is 0 Å². The third kappa shape index (κ3) is 6.24. The number of carbonyl (C=O) groups excluding carboxylic acids is 1. The molecule has 1 aromatic heterocycles. The summed E-state index contributed by atoms with van der Waals surface area (Å²) in [5, 5.41) is 10.8. The van der Waals surface area contributed by atoms with Crippen molar-refractivity contribution in [2.75, 3.05) is 26.7 Å². The average molecular weight is 364 g/mol. The molecule has 1 unspecified atom stereocenters. The number of aliphatic imine (C=N–C) groups is 1. The van der Waals surface area contributed by atoms with E-state index in [2.05, 4.69) is 20.7 Å². The fourth-order valence-corrected chi connectivity index (χ4v) is 2.93. The van der Waals surface area contributed by atoms with Crippen molar-refractivity contribution in [3.05, 3.63) is 18.0 Å². The highest BCUT2D eigenvalue weighted by Crippen LogP contribution is 2.18. The number of aryl methyl sites for hydroxylation is 1. The van der Waals surface area contributed by atoms with Gasteiger partial charge in [-0.3, -0.25) is 9.67 Å². The molecule has 146 valence electrons. The van der Waals surface area contributed by atoms with E-state index in [0.29, 0.717) is 19.0 Å². The molecule has 1 aromatic rings. The Morgan fingerprint density at radius 3 is 2.81 bits per heavy atom. The van der Waals surface area contributed by atoms with Crippen molar-refractivity contribution in [2.24, 2.45) is 18.0 Å². The molecule has 1 aliphatic heterocycles. The van der Waals surface area contributed by atoms with Crippen LogP contribution in [-0.4, -0.2) is 59.0 Å². The monoisotopic (exact) mass is 364 g/mol. The largest absolute Gasteiger partial charge is 0.444 e. The molecule has 26 heavy (non-hydrogen) atoms. The van der Waals surface area contributed by atoms with Gasteiger partial charge in [-0.15, -0.1) is 0 Å². The van der Waals surface area contributed by atoms with E-state index in [-0.39, 0.29) is 6.09 Å². The molecule has 1 atom stereocenters. The summed E-state index contributed by atoms with van der Waals surface area (Å²) in [6.45, 7) is 8.58. The summed E-state index contributed by atoms with van der Waals surface area (Å²) in [5.41, 5.74) is 0.627. The molecule has 1 aliphatic rings. The van der Waals surface area contributed by atoms with Crippen molar-refractivity contribution < 1.29 is 9.53 Å². The van der Waals surface area contributed by atoms with Crippen LogP contribution in [0.1, 0.15) is 39.3 Å². The fourth-order valence-electron chi connectivity index (χ4n) is 2.93. The van der Waals surface area contributed by atoms with Crippen molar-refractivity contribution >= 4 is 12.1 Å². The molecule has 1 amide bonds. The molecule has 0 spiro atoms. The first kappa shape index (κ1) is 20.1. The van der Waals surface area contributed by atoms with Crippen LogP contribution < -0.4 is 10.6 Å². The highest BCUT2D eigenvalue weighted by atomic mass is 16.6. The van der Waals surface area contributed by atoms with Gasteiger partial charge in [-0.25, -0.2) is 4.79 Å². The minimum absolute atomic E-state index is 0.221. The van der Waals surface area contributed by atoms with E-state index in [1.54, 1.807) is 13.2 Å². The predicted molar refractivity (Wildman–Crippen MR) is 102 cm³/mol. The van der Waals surface area contributed by atoms with E-state index in [1.807, 2.05) is 43.5 Å². The second kappa shape index (κ2) is 8.91. The Balaban J connectivity index is 1.78. The number of carbonyl (C=O) groups is 1. The Hall–Kier alpha value is -2.25. The lowest BCUT2D eigenvalue weighted by atomic mass is 9.98. The highest BCUT2D eigenvalue weighted by molar-refractivity contribution is 5.79. The Morgan fingerprint density at radius 1 is 1.42 bits per heavy atom. The maximum atomic E-state index is 12.3. The molecular weight excluding hydrogens is 332 g/mol. The summed E-state index contributed by atoms with van der Waals surface area (Å²) in [7, 11) is 3.67. The number of nitrogens with zero attached hydrogens (tertiary/aromatic N) is 4. The minimum Gasteiger partial charge on any atom is -0.444 e. The van der Waals surface area contributed by atoms with Crippen LogP contribution in [-0.2, 0) is 18.3 Å². The molecule has 2 rings (SSSR count). The molecule has 2 heterocycles. The zero-order valence-electron chi connectivity index (χ0n) is 16.6. The number of guanidine groups is 1. The van der Waals surface area contributed by atoms with E-state index >= 15 is 0 Å². The smallest absolute Gasteiger partial charge is 0.410 e. The van der Waals surface area contributed by atoms with Gasteiger partial charge in [0.15, 0.2) is 5.96 Å². The van der Waals surface area contributed by atoms with Gasteiger partial charge < -0.3 is 20.3 Å². The first-order valence-electron chi connectivity index (χ1n) is 9.18. The van der Waals surface area contributed by atoms with E-state index in [9.17, 15) is 4.79 Å². The number of nitrogens with one attached hydrogen (secondary N) is 2. The van der Waals surface area contributed by atoms with Crippen molar-refractivity contribution in [1.29, 1.82) is 0 Å². The van der Waals surface area contributed by atoms with Crippen LogP contribution in [0.4, 0.5) is 4.79 Å². The number of hydrogen-bond acceptors (Lipinski definition) is 4. The third-order valence-corrected chi connectivity index (χ3v) is 4.31. The number of likely N-dealkylation sites (tertiary alicyclic amines) is 1. The number of piperidine rings is 1. The molecule has 0 aliphatic carbocycles. The number of amides is 1. The molecule has 8 heteroatoms. The van der Waals surface area contributed by atoms with Crippen LogP contribution in [0, 0.1) is 5.92 Å². The summed E-state index contributed by atoms with van der Waals surface area (Å²) >= 11 is 0. The molecule has 2 N–H and O–H groups in total. The van der Waals surface area contributed by atoms with Crippen LogP contribution in [0.2, 0.25) is 0 Å². The Labute approximate surface area is 156 Å². The molecule has 1 fully saturated rings. The quantitative estimate of drug-likeness (QED) is 0.628. The first-order chi connectivity index (χ1) is 12.3. The van der Waals surface area contributed by atoms with Crippen molar-refractivity contribution in [1.82, 2.24) is 25.3 Å². The average Bonchev–Trinajstić information content (AvgIpc) is 2.99. The molecular formula is C18H32N6O2. The molecule has 0 bridgehead atoms. The summed E-state index contributed by atoms with van der Waals surface area (Å²) < 4.78 is 7.32. The Bertz CT molecular complexity index is 619. The van der Waals surface area contributed by atoms with Gasteiger partial charge in [0.05, 0.1) is 12.2 Å². The Morgan fingerprint density at radius 2 is 2.19 bits per heavy atom. The topological polar surface area (TPSA) is 83.8 Å². The van der Waals surface area contributed by atoms with Crippen molar-refractivity contribution in [3.63, 3.8) is 0 Å². The van der Waals surface area contributed by atoms with Crippen molar-refractivity contribution in [2.45, 2.75) is 45.8 Å². The fraction of sp³-hybridized carbons (Fsp3) is 0.722. The summed E-state index contributed by atoms with van der Waals surface area (Å²) in [5.74, 6) is 1.13. The standard InChI is InChI=1S/C18H32N6O2/c1-18(2,3)26-17(25)24-10-6-7-14(13-24)11-20-16(19-4)21-12-15-8-9-22-23(15)5/h8-9,14H,6-7,10-13H2,1-5H3,(H2,19,20,21). The summed E-state index contributed by atoms with van der Waals surface area (Å²) in [6.07, 6.45) is 3.64. The lowest BCUT2D eigenvalue weighted by Crippen LogP contribution is -2.47. The third-order valence-electron chi connectivity index (χ3n) is 4.31. The predicted octanol–water partition coefficient (Wildman–Crippen LogP) is 1.73. The highest BCUT2D eigenvalue weighted by Gasteiger charge is 2.27. The van der Waals surface area contributed by atoms with Crippen LogP contribution >= 0.6 is 0 Å². The van der Waals surface area contributed by atoms with Crippen LogP contribution in [0.3, 0.4) is 0 Å². The zero-order valence-corrected chi connectivity index (χ0v) is 16.6. The first-order valence-corrected chi connectivity index (χ1v) is 9.18. The van der Waals surface area contributed by atoms with E-state index in [0.717, 1.165) is 37.6 Å². The normalized spacial score (nSPS) is 18.6. The van der Waals surface area contributed by atoms with Gasteiger partial charge in [0.2, 0.25) is 0 Å². The molecule has 1 saturated heterocycles. The second-order valence-corrected chi connectivity index (χ2v) is 7.69. The Kier molecular flexibility index (Phi) is 6.88. The number of rotatable bonds is 4. The molecule has 0 aromatic carbocycles. The van der Waals surface area contributed by atoms with Gasteiger partial charge in [0.1, 0.15) is 5.60 Å². The maximum Gasteiger partial charge on any atom is 0.410 e. The van der Waals surface area contributed by atoms with E-state index in [4.69, 9.17) is 4.74 Å². The summed E-state index contributed by atoms with van der Waals surface area (Å²) in [6, 6.07) is 1.97. The van der Waals surface area contributed by atoms with Gasteiger partial charge in [-0.05, 0) is 45.6 Å². The number of ether oxygens (including phenoxy) is 1. The van der Waals surface area contributed by atoms with Gasteiger partial charge in [0, 0.05) is 39.9 Å². The van der Waals surface area contributed by atoms with Gasteiger partial charge in [-0.2, -0.15) is 5.10 Å². The van der Waals surface area contributed by atoms with E-state index < -0.39 is 5.60 Å². The van der Waals surface area contributed by atoms with Crippen LogP contribution in [0.15, 0.2) is 17.3 Å². The summed E-state index contributed by atoms with van der Waals surface area (Å²) in [4.78, 5) is 18.3. The SMILES string of the molecule is CN=C(NCc1ccnn1C)NCC1CCCN(C(=O)OC(C)(C)C)C1. The molecule has 8 nitrogen and oxygen atoms in total. The number of aromatic nitrogens is 2. The minimum atomic E-state index is -0.458. The van der Waals surface area contributed by atoms with Crippen LogP contribution in [0.5, 0.6) is 0 Å². The lowest BCUT2D eigenvalue weighted by Gasteiger charge is -2.34. The zero-order chi connectivity index (χ0) is 19.2. The van der Waals surface area contributed by atoms with E-state index in [1.165, 1.54) is 0 Å². The lowest BCUT2D eigenvalue weighted by molar-refractivity contribution is 0.0168. The second-order valence-electron chi connectivity index (χ2n) is 7.69.